The number of nitrogens with zero attached hydrogens (tertiary/aromatic N) is 3. The molecule has 2 unspecified atom stereocenters. The lowest BCUT2D eigenvalue weighted by molar-refractivity contribution is -0.384. The molecule has 19 heavy (non-hydrogen) atoms. The van der Waals surface area contributed by atoms with Crippen LogP contribution in [0.15, 0.2) is 12.1 Å². The normalized spacial score (nSPS) is 24.1. The number of nitro groups is 1. The van der Waals surface area contributed by atoms with Gasteiger partial charge in [-0.25, -0.2) is 4.98 Å². The third-order valence-electron chi connectivity index (χ3n) is 3.66. The first-order valence-corrected chi connectivity index (χ1v) is 6.35. The minimum Gasteiger partial charge on any atom is -0.378 e. The molecule has 1 aromatic heterocycles. The van der Waals surface area contributed by atoms with E-state index in [1.54, 1.807) is 6.07 Å². The molecule has 1 aromatic rings. The highest BCUT2D eigenvalue weighted by Gasteiger charge is 2.23. The van der Waals surface area contributed by atoms with E-state index < -0.39 is 4.92 Å². The molecular formula is C12H19N5O2. The highest BCUT2D eigenvalue weighted by Crippen LogP contribution is 2.23. The molecule has 2 heterocycles. The molecule has 0 bridgehead atoms. The summed E-state index contributed by atoms with van der Waals surface area (Å²) in [6.07, 6.45) is 2.05. The lowest BCUT2D eigenvalue weighted by Gasteiger charge is -2.35. The van der Waals surface area contributed by atoms with E-state index in [4.69, 9.17) is 5.73 Å². The van der Waals surface area contributed by atoms with Gasteiger partial charge in [0.2, 0.25) is 5.82 Å². The highest BCUT2D eigenvalue weighted by molar-refractivity contribution is 5.57. The molecule has 2 rings (SSSR count). The Balaban J connectivity index is 2.04. The van der Waals surface area contributed by atoms with Gasteiger partial charge in [0.1, 0.15) is 5.82 Å². The van der Waals surface area contributed by atoms with Gasteiger partial charge >= 0.3 is 5.69 Å². The van der Waals surface area contributed by atoms with Crippen molar-refractivity contribution in [3.63, 3.8) is 0 Å². The summed E-state index contributed by atoms with van der Waals surface area (Å²) in [4.78, 5) is 16.5. The molecule has 104 valence electrons. The molecule has 0 aromatic carbocycles. The van der Waals surface area contributed by atoms with Crippen molar-refractivity contribution in [1.29, 1.82) is 0 Å². The molecule has 0 saturated carbocycles. The van der Waals surface area contributed by atoms with Crippen molar-refractivity contribution in [3.05, 3.63) is 22.2 Å². The number of nitrogen functional groups attached to an aromatic ring is 1. The van der Waals surface area contributed by atoms with Gasteiger partial charge in [0, 0.05) is 24.7 Å². The number of aromatic nitrogens is 1. The van der Waals surface area contributed by atoms with Crippen molar-refractivity contribution in [2.45, 2.75) is 31.8 Å². The summed E-state index contributed by atoms with van der Waals surface area (Å²) in [5, 5.41) is 14.0. The molecule has 1 saturated heterocycles. The second-order valence-corrected chi connectivity index (χ2v) is 5.05. The minimum absolute atomic E-state index is 0.0454. The van der Waals surface area contributed by atoms with Crippen LogP contribution >= 0.6 is 0 Å². The predicted octanol–water partition coefficient (Wildman–Crippen LogP) is 1.47. The first-order chi connectivity index (χ1) is 8.97. The molecule has 2 atom stereocenters. The van der Waals surface area contributed by atoms with Crippen molar-refractivity contribution >= 4 is 17.3 Å². The number of rotatable bonds is 3. The van der Waals surface area contributed by atoms with Crippen LogP contribution in [0.4, 0.5) is 17.3 Å². The zero-order valence-corrected chi connectivity index (χ0v) is 11.2. The van der Waals surface area contributed by atoms with Crippen LogP contribution in [-0.4, -0.2) is 40.5 Å². The minimum atomic E-state index is -0.524. The maximum atomic E-state index is 10.7. The van der Waals surface area contributed by atoms with Gasteiger partial charge in [-0.1, -0.05) is 0 Å². The summed E-state index contributed by atoms with van der Waals surface area (Å²) in [6.45, 7) is 3.22. The van der Waals surface area contributed by atoms with Gasteiger partial charge in [0.05, 0.1) is 4.92 Å². The second kappa shape index (κ2) is 5.40. The standard InChI is InChI=1S/C12H19N5O2/c1-8-7-9(5-6-16(8)2)14-11-4-3-10(17(18)19)12(13)15-11/h3-4,8-9H,5-7H2,1-2H3,(H3,13,14,15). The summed E-state index contributed by atoms with van der Waals surface area (Å²) in [5.74, 6) is 0.556. The van der Waals surface area contributed by atoms with Crippen LogP contribution < -0.4 is 11.1 Å². The Labute approximate surface area is 112 Å². The molecule has 1 aliphatic heterocycles. The van der Waals surface area contributed by atoms with Gasteiger partial charge in [-0.3, -0.25) is 10.1 Å². The largest absolute Gasteiger partial charge is 0.378 e. The SMILES string of the molecule is CC1CC(Nc2ccc([N+](=O)[O-])c(N)n2)CCN1C. The Bertz CT molecular complexity index is 479. The molecule has 7 nitrogen and oxygen atoms in total. The van der Waals surface area contributed by atoms with E-state index in [9.17, 15) is 10.1 Å². The fourth-order valence-electron chi connectivity index (χ4n) is 2.33. The Hall–Kier alpha value is -1.89. The number of hydrogen-bond acceptors (Lipinski definition) is 6. The lowest BCUT2D eigenvalue weighted by atomic mass is 9.99. The fraction of sp³-hybridized carbons (Fsp3) is 0.583. The molecule has 7 heteroatoms. The van der Waals surface area contributed by atoms with Crippen LogP contribution in [-0.2, 0) is 0 Å². The van der Waals surface area contributed by atoms with E-state index in [0.717, 1.165) is 19.4 Å². The number of piperidine rings is 1. The van der Waals surface area contributed by atoms with Crippen molar-refractivity contribution in [1.82, 2.24) is 9.88 Å². The molecular weight excluding hydrogens is 246 g/mol. The van der Waals surface area contributed by atoms with Crippen molar-refractivity contribution in [3.8, 4) is 0 Å². The predicted molar refractivity (Wildman–Crippen MR) is 74.0 cm³/mol. The summed E-state index contributed by atoms with van der Waals surface area (Å²) < 4.78 is 0. The summed E-state index contributed by atoms with van der Waals surface area (Å²) in [6, 6.07) is 3.85. The van der Waals surface area contributed by atoms with Gasteiger partial charge in [0.15, 0.2) is 0 Å². The van der Waals surface area contributed by atoms with Crippen LogP contribution in [0.1, 0.15) is 19.8 Å². The van der Waals surface area contributed by atoms with E-state index in [0.29, 0.717) is 17.9 Å². The van der Waals surface area contributed by atoms with E-state index in [1.165, 1.54) is 6.07 Å². The Morgan fingerprint density at radius 3 is 2.89 bits per heavy atom. The molecule has 0 radical (unpaired) electrons. The van der Waals surface area contributed by atoms with E-state index in [-0.39, 0.29) is 11.5 Å². The zero-order valence-electron chi connectivity index (χ0n) is 11.2. The summed E-state index contributed by atoms with van der Waals surface area (Å²) in [5.41, 5.74) is 5.43. The number of nitrogens with one attached hydrogen (secondary N) is 1. The average Bonchev–Trinajstić information content (AvgIpc) is 2.33. The van der Waals surface area contributed by atoms with E-state index >= 15 is 0 Å². The second-order valence-electron chi connectivity index (χ2n) is 5.05. The topological polar surface area (TPSA) is 97.3 Å². The Morgan fingerprint density at radius 2 is 2.32 bits per heavy atom. The maximum Gasteiger partial charge on any atom is 0.311 e. The van der Waals surface area contributed by atoms with Gasteiger partial charge in [-0.15, -0.1) is 0 Å². The summed E-state index contributed by atoms with van der Waals surface area (Å²) >= 11 is 0. The van der Waals surface area contributed by atoms with Crippen molar-refractivity contribution < 1.29 is 4.92 Å². The summed E-state index contributed by atoms with van der Waals surface area (Å²) in [7, 11) is 2.11. The smallest absolute Gasteiger partial charge is 0.311 e. The van der Waals surface area contributed by atoms with Gasteiger partial charge in [-0.05, 0) is 32.9 Å². The molecule has 0 spiro atoms. The number of nitrogens with two attached hydrogens (primary N) is 1. The number of hydrogen-bond donors (Lipinski definition) is 2. The molecule has 3 N–H and O–H groups in total. The van der Waals surface area contributed by atoms with Crippen molar-refractivity contribution in [2.75, 3.05) is 24.6 Å². The van der Waals surface area contributed by atoms with Gasteiger partial charge in [0.25, 0.3) is 0 Å². The van der Waals surface area contributed by atoms with Crippen LogP contribution in [0.5, 0.6) is 0 Å². The lowest BCUT2D eigenvalue weighted by Crippen LogP contribution is -2.42. The van der Waals surface area contributed by atoms with Crippen LogP contribution in [0, 0.1) is 10.1 Å². The van der Waals surface area contributed by atoms with Crippen LogP contribution in [0.2, 0.25) is 0 Å². The Morgan fingerprint density at radius 1 is 1.58 bits per heavy atom. The molecule has 1 fully saturated rings. The zero-order chi connectivity index (χ0) is 14.0. The first kappa shape index (κ1) is 13.5. The fourth-order valence-corrected chi connectivity index (χ4v) is 2.33. The monoisotopic (exact) mass is 265 g/mol. The molecule has 0 amide bonds. The van der Waals surface area contributed by atoms with Gasteiger partial charge < -0.3 is 16.0 Å². The maximum absolute atomic E-state index is 10.7. The molecule has 0 aliphatic carbocycles. The third-order valence-corrected chi connectivity index (χ3v) is 3.66. The number of pyridine rings is 1. The first-order valence-electron chi connectivity index (χ1n) is 6.35. The van der Waals surface area contributed by atoms with Crippen molar-refractivity contribution in [2.24, 2.45) is 0 Å². The third kappa shape index (κ3) is 3.11. The quantitative estimate of drug-likeness (QED) is 0.634. The highest BCUT2D eigenvalue weighted by atomic mass is 16.6. The Kier molecular flexibility index (Phi) is 3.84. The number of likely N-dealkylation sites (tertiary alicyclic amines) is 1. The number of anilines is 2. The average molecular weight is 265 g/mol. The van der Waals surface area contributed by atoms with Gasteiger partial charge in [-0.2, -0.15) is 0 Å². The van der Waals surface area contributed by atoms with E-state index in [1.807, 2.05) is 0 Å². The van der Waals surface area contributed by atoms with E-state index in [2.05, 4.69) is 29.2 Å². The van der Waals surface area contributed by atoms with Crippen LogP contribution in [0.25, 0.3) is 0 Å². The van der Waals surface area contributed by atoms with Crippen LogP contribution in [0.3, 0.4) is 0 Å². The molecule has 1 aliphatic rings.